The standard InChI is InChI=1S/C16H17BrN4OS3/c1-20(9-11-7-8-14(17)24-11)10-21-16(23)25-15(19-21)18-12-5-3-4-6-13(12)22-2/h3-8H,9-10H2,1-2H3,(H,18,19). The van der Waals surface area contributed by atoms with Gasteiger partial charge in [-0.3, -0.25) is 4.90 Å². The fraction of sp³-hybridized carbons (Fsp3) is 0.250. The first-order valence-corrected chi connectivity index (χ1v) is 10.3. The van der Waals surface area contributed by atoms with Crippen LogP contribution in [-0.4, -0.2) is 28.8 Å². The van der Waals surface area contributed by atoms with E-state index in [9.17, 15) is 0 Å². The van der Waals surface area contributed by atoms with E-state index in [2.05, 4.69) is 50.4 Å². The Labute approximate surface area is 168 Å². The smallest absolute Gasteiger partial charge is 0.209 e. The number of benzene rings is 1. The van der Waals surface area contributed by atoms with Crippen LogP contribution in [0.15, 0.2) is 40.2 Å². The van der Waals surface area contributed by atoms with E-state index >= 15 is 0 Å². The number of aromatic nitrogens is 2. The van der Waals surface area contributed by atoms with Crippen molar-refractivity contribution >= 4 is 61.6 Å². The van der Waals surface area contributed by atoms with Crippen LogP contribution in [0, 0.1) is 3.95 Å². The van der Waals surface area contributed by atoms with E-state index in [1.165, 1.54) is 16.2 Å². The summed E-state index contributed by atoms with van der Waals surface area (Å²) in [4.78, 5) is 3.48. The Morgan fingerprint density at radius 2 is 2.08 bits per heavy atom. The van der Waals surface area contributed by atoms with Crippen molar-refractivity contribution in [3.63, 3.8) is 0 Å². The van der Waals surface area contributed by atoms with Crippen molar-refractivity contribution in [3.05, 3.63) is 49.0 Å². The molecule has 0 unspecified atom stereocenters. The minimum absolute atomic E-state index is 0.637. The Morgan fingerprint density at radius 1 is 1.28 bits per heavy atom. The van der Waals surface area contributed by atoms with Crippen LogP contribution in [0.4, 0.5) is 10.8 Å². The van der Waals surface area contributed by atoms with Crippen LogP contribution in [0.3, 0.4) is 0 Å². The average Bonchev–Trinajstić information content (AvgIpc) is 3.13. The van der Waals surface area contributed by atoms with Gasteiger partial charge in [-0.2, -0.15) is 0 Å². The van der Waals surface area contributed by atoms with Crippen LogP contribution in [0.25, 0.3) is 0 Å². The quantitative estimate of drug-likeness (QED) is 0.485. The van der Waals surface area contributed by atoms with Gasteiger partial charge in [-0.25, -0.2) is 4.68 Å². The van der Waals surface area contributed by atoms with Crippen LogP contribution >= 0.6 is 50.8 Å². The van der Waals surface area contributed by atoms with E-state index in [0.717, 1.165) is 30.9 Å². The Hall–Kier alpha value is -1.26. The topological polar surface area (TPSA) is 42.3 Å². The number of methoxy groups -OCH3 is 1. The van der Waals surface area contributed by atoms with Gasteiger partial charge in [0.2, 0.25) is 5.13 Å². The Morgan fingerprint density at radius 3 is 2.80 bits per heavy atom. The van der Waals surface area contributed by atoms with Crippen LogP contribution in [-0.2, 0) is 13.2 Å². The van der Waals surface area contributed by atoms with Gasteiger partial charge in [0.05, 0.1) is 23.3 Å². The van der Waals surface area contributed by atoms with Crippen molar-refractivity contribution in [2.45, 2.75) is 13.2 Å². The lowest BCUT2D eigenvalue weighted by molar-refractivity contribution is 0.247. The van der Waals surface area contributed by atoms with E-state index < -0.39 is 0 Å². The summed E-state index contributed by atoms with van der Waals surface area (Å²) in [6.07, 6.45) is 0. The van der Waals surface area contributed by atoms with Crippen LogP contribution < -0.4 is 10.1 Å². The molecule has 2 heterocycles. The third-order valence-corrected chi connectivity index (χ3v) is 6.22. The molecule has 0 aliphatic carbocycles. The van der Waals surface area contributed by atoms with E-state index in [-0.39, 0.29) is 0 Å². The zero-order chi connectivity index (χ0) is 17.8. The Balaban J connectivity index is 1.68. The number of anilines is 2. The molecular formula is C16H17BrN4OS3. The molecule has 3 rings (SSSR count). The van der Waals surface area contributed by atoms with E-state index in [1.807, 2.05) is 28.9 Å². The second kappa shape index (κ2) is 8.41. The van der Waals surface area contributed by atoms with Gasteiger partial charge in [-0.1, -0.05) is 23.5 Å². The molecule has 132 valence electrons. The molecule has 0 aliphatic heterocycles. The molecule has 1 aromatic carbocycles. The van der Waals surface area contributed by atoms with E-state index in [1.54, 1.807) is 18.4 Å². The Bertz CT molecular complexity index is 905. The molecule has 0 fully saturated rings. The SMILES string of the molecule is COc1ccccc1Nc1nn(CN(C)Cc2ccc(Br)s2)c(=S)s1. The summed E-state index contributed by atoms with van der Waals surface area (Å²) >= 11 is 12.1. The normalized spacial score (nSPS) is 11.0. The molecule has 0 atom stereocenters. The zero-order valence-corrected chi connectivity index (χ0v) is 17.8. The number of nitrogens with one attached hydrogen (secondary N) is 1. The zero-order valence-electron chi connectivity index (χ0n) is 13.7. The molecule has 0 radical (unpaired) electrons. The number of hydrogen-bond acceptors (Lipinski definition) is 7. The van der Waals surface area contributed by atoms with Gasteiger partial charge in [-0.15, -0.1) is 16.4 Å². The van der Waals surface area contributed by atoms with Crippen molar-refractivity contribution in [1.82, 2.24) is 14.7 Å². The number of ether oxygens (including phenoxy) is 1. The summed E-state index contributed by atoms with van der Waals surface area (Å²) in [6, 6.07) is 11.9. The summed E-state index contributed by atoms with van der Waals surface area (Å²) in [6.45, 7) is 1.49. The summed E-state index contributed by atoms with van der Waals surface area (Å²) < 4.78 is 9.07. The maximum Gasteiger partial charge on any atom is 0.209 e. The highest BCUT2D eigenvalue weighted by molar-refractivity contribution is 9.11. The van der Waals surface area contributed by atoms with Gasteiger partial charge in [0.25, 0.3) is 0 Å². The molecule has 0 spiro atoms. The van der Waals surface area contributed by atoms with Crippen molar-refractivity contribution in [1.29, 1.82) is 0 Å². The summed E-state index contributed by atoms with van der Waals surface area (Å²) in [5.41, 5.74) is 0.873. The highest BCUT2D eigenvalue weighted by Gasteiger charge is 2.10. The predicted molar refractivity (Wildman–Crippen MR) is 111 cm³/mol. The minimum Gasteiger partial charge on any atom is -0.495 e. The van der Waals surface area contributed by atoms with Gasteiger partial charge < -0.3 is 10.1 Å². The maximum atomic E-state index is 5.45. The number of nitrogens with zero attached hydrogens (tertiary/aromatic N) is 3. The predicted octanol–water partition coefficient (Wildman–Crippen LogP) is 5.34. The van der Waals surface area contributed by atoms with Crippen LogP contribution in [0.1, 0.15) is 4.88 Å². The minimum atomic E-state index is 0.637. The molecule has 0 saturated carbocycles. The first kappa shape index (κ1) is 18.5. The lowest BCUT2D eigenvalue weighted by Crippen LogP contribution is -2.22. The molecule has 2 aromatic heterocycles. The molecule has 0 saturated heterocycles. The third kappa shape index (κ3) is 4.89. The summed E-state index contributed by atoms with van der Waals surface area (Å²) in [5, 5.41) is 8.62. The van der Waals surface area contributed by atoms with Gasteiger partial charge in [0.1, 0.15) is 5.75 Å². The lowest BCUT2D eigenvalue weighted by Gasteiger charge is -2.15. The molecule has 0 bridgehead atoms. The number of hydrogen-bond donors (Lipinski definition) is 1. The third-order valence-electron chi connectivity index (χ3n) is 3.38. The van der Waals surface area contributed by atoms with E-state index in [4.69, 9.17) is 17.0 Å². The number of thiophene rings is 1. The van der Waals surface area contributed by atoms with Gasteiger partial charge in [-0.05, 0) is 59.5 Å². The van der Waals surface area contributed by atoms with Crippen molar-refractivity contribution in [2.75, 3.05) is 19.5 Å². The van der Waals surface area contributed by atoms with Crippen LogP contribution in [0.2, 0.25) is 0 Å². The molecule has 3 aromatic rings. The highest BCUT2D eigenvalue weighted by Crippen LogP contribution is 2.28. The second-order valence-electron chi connectivity index (χ2n) is 5.36. The summed E-state index contributed by atoms with van der Waals surface area (Å²) in [5.74, 6) is 0.774. The highest BCUT2D eigenvalue weighted by atomic mass is 79.9. The van der Waals surface area contributed by atoms with Gasteiger partial charge in [0.15, 0.2) is 3.95 Å². The molecule has 9 heteroatoms. The molecule has 25 heavy (non-hydrogen) atoms. The second-order valence-corrected chi connectivity index (χ2v) is 9.53. The largest absolute Gasteiger partial charge is 0.495 e. The lowest BCUT2D eigenvalue weighted by atomic mass is 10.3. The molecule has 1 N–H and O–H groups in total. The molecule has 0 amide bonds. The first-order chi connectivity index (χ1) is 12.0. The fourth-order valence-corrected chi connectivity index (χ4v) is 4.86. The monoisotopic (exact) mass is 456 g/mol. The number of para-hydroxylation sites is 2. The summed E-state index contributed by atoms with van der Waals surface area (Å²) in [7, 11) is 3.71. The molecular weight excluding hydrogens is 440 g/mol. The Kier molecular flexibility index (Phi) is 6.24. The van der Waals surface area contributed by atoms with Gasteiger partial charge >= 0.3 is 0 Å². The maximum absolute atomic E-state index is 5.45. The fourth-order valence-electron chi connectivity index (χ4n) is 2.29. The number of halogens is 1. The average molecular weight is 457 g/mol. The molecule has 0 aliphatic rings. The van der Waals surface area contributed by atoms with E-state index in [0.29, 0.717) is 6.67 Å². The van der Waals surface area contributed by atoms with Crippen molar-refractivity contribution in [2.24, 2.45) is 0 Å². The first-order valence-electron chi connectivity index (χ1n) is 7.46. The van der Waals surface area contributed by atoms with Crippen molar-refractivity contribution in [3.8, 4) is 5.75 Å². The van der Waals surface area contributed by atoms with Crippen LogP contribution in [0.5, 0.6) is 5.75 Å². The number of rotatable bonds is 7. The van der Waals surface area contributed by atoms with Crippen molar-refractivity contribution < 1.29 is 4.74 Å². The molecule has 5 nitrogen and oxygen atoms in total. The van der Waals surface area contributed by atoms with Gasteiger partial charge in [0, 0.05) is 11.4 Å².